The first-order valence-electron chi connectivity index (χ1n) is 5.41. The van der Waals surface area contributed by atoms with Crippen molar-refractivity contribution >= 4 is 0 Å². The van der Waals surface area contributed by atoms with Crippen LogP contribution in [0.15, 0.2) is 0 Å². The highest BCUT2D eigenvalue weighted by Crippen LogP contribution is 2.20. The minimum Gasteiger partial charge on any atom is -0.301 e. The van der Waals surface area contributed by atoms with Crippen molar-refractivity contribution in [1.29, 1.82) is 0 Å². The van der Waals surface area contributed by atoms with Crippen LogP contribution in [0.2, 0.25) is 0 Å². The van der Waals surface area contributed by atoms with Crippen LogP contribution in [0.25, 0.3) is 0 Å². The minimum atomic E-state index is 0.880. The lowest BCUT2D eigenvalue weighted by Crippen LogP contribution is -2.39. The Morgan fingerprint density at radius 2 is 2.25 bits per heavy atom. The summed E-state index contributed by atoms with van der Waals surface area (Å²) in [5.41, 5.74) is 0. The van der Waals surface area contributed by atoms with Crippen molar-refractivity contribution in [2.75, 3.05) is 13.1 Å². The molecule has 1 unspecified atom stereocenters. The zero-order valence-electron chi connectivity index (χ0n) is 8.39. The van der Waals surface area contributed by atoms with Crippen molar-refractivity contribution in [2.45, 2.75) is 51.5 Å². The lowest BCUT2D eigenvalue weighted by molar-refractivity contribution is 0.146. The second kappa shape index (κ2) is 5.58. The van der Waals surface area contributed by atoms with Gasteiger partial charge in [-0.25, -0.2) is 0 Å². The molecule has 0 aromatic rings. The lowest BCUT2D eigenvalue weighted by atomic mass is 9.97. The van der Waals surface area contributed by atoms with E-state index in [0.717, 1.165) is 12.5 Å². The van der Waals surface area contributed by atoms with Gasteiger partial charge in [0.2, 0.25) is 0 Å². The van der Waals surface area contributed by atoms with Gasteiger partial charge in [-0.2, -0.15) is 0 Å². The van der Waals surface area contributed by atoms with Gasteiger partial charge in [-0.05, 0) is 32.4 Å². The van der Waals surface area contributed by atoms with E-state index in [1.165, 1.54) is 45.2 Å². The number of nitrogens with zero attached hydrogens (tertiary/aromatic N) is 1. The highest BCUT2D eigenvalue weighted by molar-refractivity contribution is 4.75. The lowest BCUT2D eigenvalue weighted by Gasteiger charge is -2.34. The van der Waals surface area contributed by atoms with Gasteiger partial charge in [-0.1, -0.05) is 33.1 Å². The Hall–Kier alpha value is -0.0400. The van der Waals surface area contributed by atoms with Gasteiger partial charge in [0.15, 0.2) is 0 Å². The summed E-state index contributed by atoms with van der Waals surface area (Å²) in [5.74, 6) is 0. The molecule has 1 rings (SSSR count). The van der Waals surface area contributed by atoms with Gasteiger partial charge in [0.1, 0.15) is 0 Å². The maximum atomic E-state index is 3.90. The maximum absolute atomic E-state index is 3.90. The summed E-state index contributed by atoms with van der Waals surface area (Å²) in [6.07, 6.45) is 8.06. The molecule has 1 saturated heterocycles. The van der Waals surface area contributed by atoms with Crippen LogP contribution in [-0.2, 0) is 0 Å². The zero-order chi connectivity index (χ0) is 8.81. The van der Waals surface area contributed by atoms with E-state index in [0.29, 0.717) is 0 Å². The molecule has 1 nitrogen and oxygen atoms in total. The van der Waals surface area contributed by atoms with Crippen LogP contribution < -0.4 is 0 Å². The van der Waals surface area contributed by atoms with Crippen LogP contribution >= 0.6 is 0 Å². The number of rotatable bonds is 4. The predicted octanol–water partition coefficient (Wildman–Crippen LogP) is 2.87. The van der Waals surface area contributed by atoms with E-state index >= 15 is 0 Å². The van der Waals surface area contributed by atoms with Crippen molar-refractivity contribution in [2.24, 2.45) is 0 Å². The molecule has 1 atom stereocenters. The summed E-state index contributed by atoms with van der Waals surface area (Å²) < 4.78 is 0. The second-order valence-corrected chi connectivity index (χ2v) is 3.77. The SMILES string of the molecule is [CH2]CCCC1CCCCN1CC. The first kappa shape index (κ1) is 10.0. The quantitative estimate of drug-likeness (QED) is 0.624. The Labute approximate surface area is 77.1 Å². The predicted molar refractivity (Wildman–Crippen MR) is 54.1 cm³/mol. The Morgan fingerprint density at radius 1 is 1.42 bits per heavy atom. The molecule has 1 heterocycles. The van der Waals surface area contributed by atoms with Gasteiger partial charge in [-0.3, -0.25) is 0 Å². The molecule has 1 fully saturated rings. The fraction of sp³-hybridized carbons (Fsp3) is 0.909. The zero-order valence-corrected chi connectivity index (χ0v) is 8.39. The Bertz CT molecular complexity index is 112. The van der Waals surface area contributed by atoms with E-state index in [1.807, 2.05) is 0 Å². The first-order valence-corrected chi connectivity index (χ1v) is 5.41. The van der Waals surface area contributed by atoms with E-state index < -0.39 is 0 Å². The molecule has 0 aromatic heterocycles. The smallest absolute Gasteiger partial charge is 0.00951 e. The molecule has 1 radical (unpaired) electrons. The highest BCUT2D eigenvalue weighted by Gasteiger charge is 2.19. The van der Waals surface area contributed by atoms with Crippen LogP contribution in [-0.4, -0.2) is 24.0 Å². The third-order valence-electron chi connectivity index (χ3n) is 2.94. The molecule has 0 aromatic carbocycles. The number of likely N-dealkylation sites (tertiary alicyclic amines) is 1. The van der Waals surface area contributed by atoms with E-state index in [-0.39, 0.29) is 0 Å². The minimum absolute atomic E-state index is 0.880. The molecule has 0 aliphatic carbocycles. The summed E-state index contributed by atoms with van der Waals surface area (Å²) in [6.45, 7) is 8.75. The Kier molecular flexibility index (Phi) is 4.67. The molecule has 0 bridgehead atoms. The third kappa shape index (κ3) is 2.78. The average molecular weight is 168 g/mol. The van der Waals surface area contributed by atoms with Crippen LogP contribution in [0.3, 0.4) is 0 Å². The van der Waals surface area contributed by atoms with Crippen molar-refractivity contribution in [3.63, 3.8) is 0 Å². The molecule has 0 amide bonds. The topological polar surface area (TPSA) is 3.24 Å². The molecule has 0 spiro atoms. The van der Waals surface area contributed by atoms with E-state index in [4.69, 9.17) is 0 Å². The largest absolute Gasteiger partial charge is 0.301 e. The summed E-state index contributed by atoms with van der Waals surface area (Å²) in [5, 5.41) is 0. The standard InChI is InChI=1S/C11H22N/c1-3-5-8-11-9-6-7-10-12(11)4-2/h11H,1,3-10H2,2H3. The van der Waals surface area contributed by atoms with Gasteiger partial charge < -0.3 is 4.90 Å². The average Bonchev–Trinajstić information content (AvgIpc) is 2.15. The van der Waals surface area contributed by atoms with Gasteiger partial charge >= 0.3 is 0 Å². The van der Waals surface area contributed by atoms with E-state index in [2.05, 4.69) is 18.7 Å². The fourth-order valence-electron chi connectivity index (χ4n) is 2.18. The third-order valence-corrected chi connectivity index (χ3v) is 2.94. The molecule has 12 heavy (non-hydrogen) atoms. The summed E-state index contributed by atoms with van der Waals surface area (Å²) in [6, 6.07) is 0.880. The fourth-order valence-corrected chi connectivity index (χ4v) is 2.18. The van der Waals surface area contributed by atoms with Crippen LogP contribution in [0, 0.1) is 6.92 Å². The molecule has 1 heteroatoms. The highest BCUT2D eigenvalue weighted by atomic mass is 15.2. The van der Waals surface area contributed by atoms with Crippen molar-refractivity contribution in [3.8, 4) is 0 Å². The van der Waals surface area contributed by atoms with Gasteiger partial charge in [0.05, 0.1) is 0 Å². The number of hydrogen-bond acceptors (Lipinski definition) is 1. The van der Waals surface area contributed by atoms with Crippen LogP contribution in [0.5, 0.6) is 0 Å². The van der Waals surface area contributed by atoms with E-state index in [9.17, 15) is 0 Å². The van der Waals surface area contributed by atoms with Crippen molar-refractivity contribution in [3.05, 3.63) is 6.92 Å². The van der Waals surface area contributed by atoms with Gasteiger partial charge in [-0.15, -0.1) is 0 Å². The van der Waals surface area contributed by atoms with Gasteiger partial charge in [0, 0.05) is 6.04 Å². The Balaban J connectivity index is 2.26. The van der Waals surface area contributed by atoms with Crippen LogP contribution in [0.1, 0.15) is 45.4 Å². The Morgan fingerprint density at radius 3 is 2.92 bits per heavy atom. The number of hydrogen-bond donors (Lipinski definition) is 0. The normalized spacial score (nSPS) is 26.0. The molecule has 0 saturated carbocycles. The monoisotopic (exact) mass is 168 g/mol. The molecule has 71 valence electrons. The summed E-state index contributed by atoms with van der Waals surface area (Å²) >= 11 is 0. The second-order valence-electron chi connectivity index (χ2n) is 3.77. The maximum Gasteiger partial charge on any atom is 0.00951 e. The van der Waals surface area contributed by atoms with E-state index in [1.54, 1.807) is 0 Å². The molecular formula is C11H22N. The number of piperidine rings is 1. The summed E-state index contributed by atoms with van der Waals surface area (Å²) in [4.78, 5) is 2.64. The van der Waals surface area contributed by atoms with Crippen molar-refractivity contribution < 1.29 is 0 Å². The summed E-state index contributed by atoms with van der Waals surface area (Å²) in [7, 11) is 0. The van der Waals surface area contributed by atoms with Crippen LogP contribution in [0.4, 0.5) is 0 Å². The molecular weight excluding hydrogens is 146 g/mol. The van der Waals surface area contributed by atoms with Crippen molar-refractivity contribution in [1.82, 2.24) is 4.90 Å². The molecule has 0 N–H and O–H groups in total. The first-order chi connectivity index (χ1) is 5.88. The van der Waals surface area contributed by atoms with Gasteiger partial charge in [0.25, 0.3) is 0 Å². The number of unbranched alkanes of at least 4 members (excludes halogenated alkanes) is 1. The molecule has 1 aliphatic rings. The molecule has 1 aliphatic heterocycles.